The van der Waals surface area contributed by atoms with Crippen molar-refractivity contribution in [3.05, 3.63) is 59.3 Å². The summed E-state index contributed by atoms with van der Waals surface area (Å²) in [5, 5.41) is 4.27. The third kappa shape index (κ3) is 5.20. The highest BCUT2D eigenvalue weighted by atomic mass is 19.4. The Kier molecular flexibility index (Phi) is 6.91. The van der Waals surface area contributed by atoms with Gasteiger partial charge in [-0.05, 0) is 62.1 Å². The molecule has 3 atom stereocenters. The van der Waals surface area contributed by atoms with Crippen LogP contribution in [0.2, 0.25) is 0 Å². The van der Waals surface area contributed by atoms with Crippen LogP contribution in [0.15, 0.2) is 36.5 Å². The zero-order valence-corrected chi connectivity index (χ0v) is 20.1. The number of H-pyrrole nitrogens is 1. The van der Waals surface area contributed by atoms with E-state index in [1.54, 1.807) is 25.3 Å². The molecule has 0 spiro atoms. The topological polar surface area (TPSA) is 47.2 Å². The number of rotatable bonds is 7. The summed E-state index contributed by atoms with van der Waals surface area (Å²) in [6, 6.07) is 7.13. The fourth-order valence-electron chi connectivity index (χ4n) is 5.63. The molecule has 4 heterocycles. The van der Waals surface area contributed by atoms with Crippen LogP contribution in [0.4, 0.5) is 27.6 Å². The van der Waals surface area contributed by atoms with E-state index in [9.17, 15) is 22.0 Å². The minimum Gasteiger partial charge on any atom is -0.380 e. The van der Waals surface area contributed by atoms with Crippen LogP contribution in [-0.2, 0) is 6.42 Å². The number of pyridine rings is 1. The van der Waals surface area contributed by atoms with Gasteiger partial charge in [-0.25, -0.2) is 4.39 Å². The van der Waals surface area contributed by atoms with Crippen LogP contribution in [-0.4, -0.2) is 70.9 Å². The fourth-order valence-corrected chi connectivity index (χ4v) is 5.63. The molecule has 3 aromatic rings. The molecule has 2 aliphatic heterocycles. The molecule has 36 heavy (non-hydrogen) atoms. The van der Waals surface area contributed by atoms with Crippen LogP contribution in [0.3, 0.4) is 0 Å². The Labute approximate surface area is 206 Å². The molecular formula is C26H30F5N5. The lowest BCUT2D eigenvalue weighted by atomic mass is 9.90. The predicted molar refractivity (Wildman–Crippen MR) is 129 cm³/mol. The molecule has 0 bridgehead atoms. The van der Waals surface area contributed by atoms with E-state index in [-0.39, 0.29) is 18.8 Å². The molecule has 194 valence electrons. The van der Waals surface area contributed by atoms with Gasteiger partial charge in [-0.1, -0.05) is 0 Å². The van der Waals surface area contributed by atoms with E-state index in [4.69, 9.17) is 0 Å². The third-order valence-electron chi connectivity index (χ3n) is 7.25. The summed E-state index contributed by atoms with van der Waals surface area (Å²) < 4.78 is 67.1. The van der Waals surface area contributed by atoms with Gasteiger partial charge in [0.25, 0.3) is 0 Å². The molecule has 0 saturated carbocycles. The first kappa shape index (κ1) is 25.0. The van der Waals surface area contributed by atoms with Gasteiger partial charge in [0.15, 0.2) is 0 Å². The summed E-state index contributed by atoms with van der Waals surface area (Å²) in [5.41, 5.74) is 3.40. The van der Waals surface area contributed by atoms with Crippen LogP contribution < -0.4 is 5.32 Å². The average molecular weight is 508 g/mol. The van der Waals surface area contributed by atoms with Crippen molar-refractivity contribution in [3.63, 3.8) is 0 Å². The van der Waals surface area contributed by atoms with Gasteiger partial charge in [0.2, 0.25) is 0 Å². The second-order valence-electron chi connectivity index (χ2n) is 9.90. The van der Waals surface area contributed by atoms with E-state index < -0.39 is 24.6 Å². The number of hydrogen-bond acceptors (Lipinski definition) is 4. The Balaban J connectivity index is 1.43. The monoisotopic (exact) mass is 507 g/mol. The minimum absolute atomic E-state index is 0.212. The maximum Gasteiger partial charge on any atom is 0.401 e. The zero-order chi connectivity index (χ0) is 25.4. The summed E-state index contributed by atoms with van der Waals surface area (Å²) in [7, 11) is 0. The van der Waals surface area contributed by atoms with Crippen molar-refractivity contribution >= 4 is 16.6 Å². The van der Waals surface area contributed by atoms with Gasteiger partial charge in [0.1, 0.15) is 5.82 Å². The molecule has 5 nitrogen and oxygen atoms in total. The number of aromatic amines is 1. The summed E-state index contributed by atoms with van der Waals surface area (Å²) >= 11 is 0. The van der Waals surface area contributed by atoms with Crippen molar-refractivity contribution in [2.75, 3.05) is 38.2 Å². The molecule has 1 fully saturated rings. The number of nitrogens with zero attached hydrogens (tertiary/aromatic N) is 3. The molecule has 2 N–H and O–H groups in total. The number of benzene rings is 1. The number of anilines is 1. The standard InChI is InChI=1S/C26H30F5N5/c1-16-11-21-20-5-3-17(28)12-23(20)34-24(21)25(36(16)15-26(29,30)31)22-6-4-18(13-32-22)33-19-7-10-35(14-19)9-2-8-27/h3-6,12-13,16,19,25,33-34H,2,7-11,14-15H2,1H3/t16-,19?,25?/m1/s1. The minimum atomic E-state index is -4.37. The van der Waals surface area contributed by atoms with Crippen molar-refractivity contribution in [1.82, 2.24) is 19.8 Å². The lowest BCUT2D eigenvalue weighted by molar-refractivity contribution is -0.155. The number of nitrogens with one attached hydrogen (secondary N) is 2. The number of alkyl halides is 4. The van der Waals surface area contributed by atoms with E-state index in [0.29, 0.717) is 29.7 Å². The lowest BCUT2D eigenvalue weighted by Crippen LogP contribution is -2.47. The normalized spacial score (nSPS) is 23.3. The van der Waals surface area contributed by atoms with Gasteiger partial charge in [0, 0.05) is 48.3 Å². The molecule has 2 unspecified atom stereocenters. The van der Waals surface area contributed by atoms with Gasteiger partial charge in [-0.15, -0.1) is 0 Å². The number of hydrogen-bond donors (Lipinski definition) is 2. The number of fused-ring (bicyclic) bond motifs is 3. The molecule has 10 heteroatoms. The van der Waals surface area contributed by atoms with E-state index in [1.807, 2.05) is 6.07 Å². The van der Waals surface area contributed by atoms with Gasteiger partial charge >= 0.3 is 6.18 Å². The first-order valence-electron chi connectivity index (χ1n) is 12.3. The van der Waals surface area contributed by atoms with Crippen LogP contribution in [0.25, 0.3) is 10.9 Å². The van der Waals surface area contributed by atoms with E-state index in [2.05, 4.69) is 20.2 Å². The van der Waals surface area contributed by atoms with E-state index in [0.717, 1.165) is 42.7 Å². The number of halogens is 5. The van der Waals surface area contributed by atoms with Gasteiger partial charge in [-0.3, -0.25) is 14.3 Å². The highest BCUT2D eigenvalue weighted by Gasteiger charge is 2.42. The molecule has 0 aliphatic carbocycles. The largest absolute Gasteiger partial charge is 0.401 e. The molecule has 2 aliphatic rings. The Morgan fingerprint density at radius 3 is 2.75 bits per heavy atom. The first-order chi connectivity index (χ1) is 17.2. The van der Waals surface area contributed by atoms with Gasteiger partial charge < -0.3 is 15.2 Å². The summed E-state index contributed by atoms with van der Waals surface area (Å²) in [4.78, 5) is 11.4. The summed E-state index contributed by atoms with van der Waals surface area (Å²) in [6.07, 6.45) is -0.831. The third-order valence-corrected chi connectivity index (χ3v) is 7.25. The maximum absolute atomic E-state index is 13.9. The Morgan fingerprint density at radius 2 is 2.03 bits per heavy atom. The first-order valence-corrected chi connectivity index (χ1v) is 12.3. The van der Waals surface area contributed by atoms with Crippen molar-refractivity contribution in [2.24, 2.45) is 0 Å². The molecule has 2 aromatic heterocycles. The second kappa shape index (κ2) is 9.97. The molecule has 0 radical (unpaired) electrons. The van der Waals surface area contributed by atoms with E-state index >= 15 is 0 Å². The smallest absolute Gasteiger partial charge is 0.380 e. The van der Waals surface area contributed by atoms with Crippen LogP contribution in [0.1, 0.15) is 42.8 Å². The van der Waals surface area contributed by atoms with Gasteiger partial charge in [0.05, 0.1) is 36.8 Å². The lowest BCUT2D eigenvalue weighted by Gasteiger charge is -2.40. The van der Waals surface area contributed by atoms with Crippen molar-refractivity contribution in [1.29, 1.82) is 0 Å². The summed E-state index contributed by atoms with van der Waals surface area (Å²) in [5.74, 6) is -0.401. The Bertz CT molecular complexity index is 1190. The SMILES string of the molecule is C[C@@H]1Cc2c([nH]c3cc(F)ccc23)C(c2ccc(NC3CCN(CCCF)C3)cn2)N1CC(F)(F)F. The Morgan fingerprint density at radius 1 is 1.19 bits per heavy atom. The van der Waals surface area contributed by atoms with Gasteiger partial charge in [-0.2, -0.15) is 13.2 Å². The highest BCUT2D eigenvalue weighted by molar-refractivity contribution is 5.85. The van der Waals surface area contributed by atoms with Crippen molar-refractivity contribution < 1.29 is 22.0 Å². The molecular weight excluding hydrogens is 477 g/mol. The molecule has 1 aromatic carbocycles. The zero-order valence-electron chi connectivity index (χ0n) is 20.1. The molecule has 1 saturated heterocycles. The predicted octanol–water partition coefficient (Wildman–Crippen LogP) is 5.45. The second-order valence-corrected chi connectivity index (χ2v) is 9.90. The quantitative estimate of drug-likeness (QED) is 0.418. The van der Waals surface area contributed by atoms with Crippen molar-refractivity contribution in [2.45, 2.75) is 50.5 Å². The summed E-state index contributed by atoms with van der Waals surface area (Å²) in [6.45, 7) is 2.85. The highest BCUT2D eigenvalue weighted by Crippen LogP contribution is 2.41. The maximum atomic E-state index is 13.9. The number of aromatic nitrogens is 2. The van der Waals surface area contributed by atoms with E-state index in [1.165, 1.54) is 17.0 Å². The fraction of sp³-hybridized carbons (Fsp3) is 0.500. The van der Waals surface area contributed by atoms with Crippen LogP contribution >= 0.6 is 0 Å². The molecule has 0 amide bonds. The molecule has 5 rings (SSSR count). The number of likely N-dealkylation sites (tertiary alicyclic amines) is 1. The average Bonchev–Trinajstić information content (AvgIpc) is 3.41. The van der Waals surface area contributed by atoms with Crippen molar-refractivity contribution in [3.8, 4) is 0 Å². The Hall–Kier alpha value is -2.72. The van der Waals surface area contributed by atoms with Crippen LogP contribution in [0, 0.1) is 5.82 Å². The van der Waals surface area contributed by atoms with Crippen LogP contribution in [0.5, 0.6) is 0 Å².